The predicted molar refractivity (Wildman–Crippen MR) is 95.0 cm³/mol. The Hall–Kier alpha value is -2.74. The monoisotopic (exact) mass is 376 g/mol. The van der Waals surface area contributed by atoms with Gasteiger partial charge in [-0.25, -0.2) is 5.10 Å². The average molecular weight is 377 g/mol. The standard InChI is InChI=1S/C17H17ClN4O4/c18-15-11(9-19-20-16(15)23)21-5-7-22(8-6-21)17(24)14-10-25-12-3-1-2-4-13(12)26-14/h1-4,9,14H,5-8,10H2,(H,20,23)/t14-/m0/s1. The molecule has 0 spiro atoms. The maximum absolute atomic E-state index is 12.7. The van der Waals surface area contributed by atoms with Gasteiger partial charge in [0.2, 0.25) is 6.10 Å². The molecule has 4 rings (SSSR count). The fourth-order valence-corrected chi connectivity index (χ4v) is 3.32. The van der Waals surface area contributed by atoms with E-state index in [9.17, 15) is 9.59 Å². The number of carbonyl (C=O) groups is 1. The first-order valence-corrected chi connectivity index (χ1v) is 8.66. The summed E-state index contributed by atoms with van der Waals surface area (Å²) in [7, 11) is 0. The fraction of sp³-hybridized carbons (Fsp3) is 0.353. The van der Waals surface area contributed by atoms with Crippen molar-refractivity contribution in [2.45, 2.75) is 6.10 Å². The summed E-state index contributed by atoms with van der Waals surface area (Å²) in [6, 6.07) is 7.30. The van der Waals surface area contributed by atoms with E-state index in [0.717, 1.165) is 0 Å². The minimum Gasteiger partial charge on any atom is -0.485 e. The van der Waals surface area contributed by atoms with Crippen molar-refractivity contribution in [2.24, 2.45) is 0 Å². The quantitative estimate of drug-likeness (QED) is 0.838. The van der Waals surface area contributed by atoms with Gasteiger partial charge in [-0.05, 0) is 12.1 Å². The van der Waals surface area contributed by atoms with Gasteiger partial charge in [0.1, 0.15) is 11.6 Å². The van der Waals surface area contributed by atoms with Crippen molar-refractivity contribution in [1.29, 1.82) is 0 Å². The Labute approximate surface area is 154 Å². The molecule has 3 heterocycles. The number of aromatic nitrogens is 2. The molecule has 136 valence electrons. The van der Waals surface area contributed by atoms with E-state index in [0.29, 0.717) is 43.4 Å². The van der Waals surface area contributed by atoms with Crippen LogP contribution < -0.4 is 19.9 Å². The second-order valence-electron chi connectivity index (χ2n) is 6.07. The Morgan fingerprint density at radius 2 is 1.92 bits per heavy atom. The van der Waals surface area contributed by atoms with Crippen molar-refractivity contribution >= 4 is 23.2 Å². The number of nitrogens with zero attached hydrogens (tertiary/aromatic N) is 3. The molecule has 1 atom stereocenters. The maximum atomic E-state index is 12.7. The number of fused-ring (bicyclic) bond motifs is 1. The van der Waals surface area contributed by atoms with E-state index < -0.39 is 11.7 Å². The number of aromatic amines is 1. The lowest BCUT2D eigenvalue weighted by atomic mass is 10.2. The van der Waals surface area contributed by atoms with Crippen molar-refractivity contribution in [3.8, 4) is 11.5 Å². The molecule has 1 saturated heterocycles. The SMILES string of the molecule is O=C([C@@H]1COc2ccccc2O1)N1CCN(c2cn[nH]c(=O)c2Cl)CC1. The van der Waals surface area contributed by atoms with Crippen molar-refractivity contribution in [1.82, 2.24) is 15.1 Å². The zero-order valence-corrected chi connectivity index (χ0v) is 14.6. The summed E-state index contributed by atoms with van der Waals surface area (Å²) in [4.78, 5) is 28.0. The third-order valence-corrected chi connectivity index (χ3v) is 4.86. The molecule has 2 aliphatic heterocycles. The van der Waals surface area contributed by atoms with Crippen molar-refractivity contribution in [3.63, 3.8) is 0 Å². The number of hydrogen-bond donors (Lipinski definition) is 1. The molecule has 2 aromatic rings. The number of H-pyrrole nitrogens is 1. The van der Waals surface area contributed by atoms with Crippen LogP contribution >= 0.6 is 11.6 Å². The molecule has 1 aromatic carbocycles. The predicted octanol–water partition coefficient (Wildman–Crippen LogP) is 0.912. The lowest BCUT2D eigenvalue weighted by Gasteiger charge is -2.38. The highest BCUT2D eigenvalue weighted by molar-refractivity contribution is 6.33. The third-order valence-electron chi connectivity index (χ3n) is 4.49. The van der Waals surface area contributed by atoms with Crippen LogP contribution in [0.25, 0.3) is 0 Å². The van der Waals surface area contributed by atoms with Gasteiger partial charge in [-0.2, -0.15) is 5.10 Å². The summed E-state index contributed by atoms with van der Waals surface area (Å²) < 4.78 is 11.4. The largest absolute Gasteiger partial charge is 0.485 e. The van der Waals surface area contributed by atoms with Gasteiger partial charge in [-0.1, -0.05) is 23.7 Å². The Kier molecular flexibility index (Phi) is 4.42. The van der Waals surface area contributed by atoms with Crippen LogP contribution in [0.5, 0.6) is 11.5 Å². The van der Waals surface area contributed by atoms with Crippen molar-refractivity contribution in [2.75, 3.05) is 37.7 Å². The molecule has 8 nitrogen and oxygen atoms in total. The molecule has 1 amide bonds. The van der Waals surface area contributed by atoms with Crippen LogP contribution in [0.4, 0.5) is 5.69 Å². The summed E-state index contributed by atoms with van der Waals surface area (Å²) in [5.41, 5.74) is 0.155. The number of halogens is 1. The van der Waals surface area contributed by atoms with E-state index >= 15 is 0 Å². The van der Waals surface area contributed by atoms with Crippen LogP contribution in [0, 0.1) is 0 Å². The lowest BCUT2D eigenvalue weighted by Crippen LogP contribution is -2.54. The van der Waals surface area contributed by atoms with Gasteiger partial charge in [0.15, 0.2) is 11.5 Å². The average Bonchev–Trinajstić information content (AvgIpc) is 2.69. The first-order chi connectivity index (χ1) is 12.6. The van der Waals surface area contributed by atoms with Crippen LogP contribution in [-0.4, -0.2) is 59.9 Å². The molecule has 9 heteroatoms. The highest BCUT2D eigenvalue weighted by Crippen LogP contribution is 2.31. The Bertz CT molecular complexity index is 879. The molecule has 1 N–H and O–H groups in total. The smallest absolute Gasteiger partial charge is 0.285 e. The molecule has 0 unspecified atom stereocenters. The highest BCUT2D eigenvalue weighted by Gasteiger charge is 2.33. The first kappa shape index (κ1) is 16.7. The van der Waals surface area contributed by atoms with Crippen LogP contribution in [0.15, 0.2) is 35.3 Å². The van der Waals surface area contributed by atoms with E-state index in [-0.39, 0.29) is 17.5 Å². The van der Waals surface area contributed by atoms with Crippen LogP contribution in [0.3, 0.4) is 0 Å². The van der Waals surface area contributed by atoms with Crippen molar-refractivity contribution in [3.05, 3.63) is 45.8 Å². The number of rotatable bonds is 2. The van der Waals surface area contributed by atoms with Gasteiger partial charge >= 0.3 is 0 Å². The van der Waals surface area contributed by atoms with E-state index in [2.05, 4.69) is 10.2 Å². The summed E-state index contributed by atoms with van der Waals surface area (Å²) in [5.74, 6) is 1.13. The number of ether oxygens (including phenoxy) is 2. The topological polar surface area (TPSA) is 87.8 Å². The molecule has 0 saturated carbocycles. The maximum Gasteiger partial charge on any atom is 0.285 e. The zero-order chi connectivity index (χ0) is 18.1. The van der Waals surface area contributed by atoms with E-state index in [1.54, 1.807) is 11.0 Å². The molecule has 0 aliphatic carbocycles. The van der Waals surface area contributed by atoms with E-state index in [4.69, 9.17) is 21.1 Å². The molecule has 0 radical (unpaired) electrons. The highest BCUT2D eigenvalue weighted by atomic mass is 35.5. The van der Waals surface area contributed by atoms with Crippen LogP contribution in [0.2, 0.25) is 5.02 Å². The van der Waals surface area contributed by atoms with Gasteiger partial charge in [-0.3, -0.25) is 9.59 Å². The second kappa shape index (κ2) is 6.87. The minimum atomic E-state index is -0.652. The number of amides is 1. The Morgan fingerprint density at radius 3 is 2.69 bits per heavy atom. The number of hydrogen-bond acceptors (Lipinski definition) is 6. The van der Waals surface area contributed by atoms with Crippen LogP contribution in [-0.2, 0) is 4.79 Å². The summed E-state index contributed by atoms with van der Waals surface area (Å²) >= 11 is 6.05. The molecule has 0 bridgehead atoms. The molecular formula is C17H17ClN4O4. The van der Waals surface area contributed by atoms with Gasteiger partial charge in [0, 0.05) is 26.2 Å². The molecular weight excluding hydrogens is 360 g/mol. The molecule has 2 aliphatic rings. The summed E-state index contributed by atoms with van der Waals surface area (Å²) in [6.45, 7) is 2.31. The van der Waals surface area contributed by atoms with Gasteiger partial charge in [-0.15, -0.1) is 0 Å². The number of nitrogens with one attached hydrogen (secondary N) is 1. The summed E-state index contributed by atoms with van der Waals surface area (Å²) in [5, 5.41) is 6.20. The molecule has 1 aromatic heterocycles. The Morgan fingerprint density at radius 1 is 1.19 bits per heavy atom. The fourth-order valence-electron chi connectivity index (χ4n) is 3.11. The zero-order valence-electron chi connectivity index (χ0n) is 13.9. The number of carbonyl (C=O) groups excluding carboxylic acids is 1. The van der Waals surface area contributed by atoms with Crippen LogP contribution in [0.1, 0.15) is 0 Å². The second-order valence-corrected chi connectivity index (χ2v) is 6.45. The number of benzene rings is 1. The molecule has 26 heavy (non-hydrogen) atoms. The van der Waals surface area contributed by atoms with Gasteiger partial charge in [0.25, 0.3) is 11.5 Å². The van der Waals surface area contributed by atoms with E-state index in [1.807, 2.05) is 23.1 Å². The number of piperazine rings is 1. The van der Waals surface area contributed by atoms with E-state index in [1.165, 1.54) is 6.20 Å². The number of para-hydroxylation sites is 2. The summed E-state index contributed by atoms with van der Waals surface area (Å²) in [6.07, 6.45) is 0.872. The third kappa shape index (κ3) is 3.08. The van der Waals surface area contributed by atoms with Crippen molar-refractivity contribution < 1.29 is 14.3 Å². The normalized spacial score (nSPS) is 19.3. The first-order valence-electron chi connectivity index (χ1n) is 8.29. The molecule has 1 fully saturated rings. The van der Waals surface area contributed by atoms with Gasteiger partial charge in [0.05, 0.1) is 11.9 Å². The number of anilines is 1. The lowest BCUT2D eigenvalue weighted by molar-refractivity contribution is -0.141. The van der Waals surface area contributed by atoms with Gasteiger partial charge < -0.3 is 19.3 Å². The Balaban J connectivity index is 1.40. The minimum absolute atomic E-state index is 0.103.